The molecule has 1 unspecified atom stereocenters. The topological polar surface area (TPSA) is 15.6 Å². The molecule has 1 saturated heterocycles. The van der Waals surface area contributed by atoms with E-state index in [-0.39, 0.29) is 5.56 Å². The number of nitrogens with zero attached hydrogens (tertiary/aromatic N) is 2. The fourth-order valence-corrected chi connectivity index (χ4v) is 4.38. The number of aryl methyl sites for hydroxylation is 1. The van der Waals surface area contributed by atoms with Gasteiger partial charge in [-0.1, -0.05) is 85.7 Å². The molecule has 0 aromatic heterocycles. The number of aliphatic imine (C=N–C) groups is 1. The van der Waals surface area contributed by atoms with Gasteiger partial charge in [-0.3, -0.25) is 4.99 Å². The Morgan fingerprint density at radius 2 is 1.56 bits per heavy atom. The molecule has 1 heterocycles. The predicted molar refractivity (Wildman–Crippen MR) is 183 cm³/mol. The lowest BCUT2D eigenvalue weighted by Gasteiger charge is -2.16. The molecule has 3 rings (SSSR count). The van der Waals surface area contributed by atoms with E-state index in [0.717, 1.165) is 54.1 Å². The van der Waals surface area contributed by atoms with Crippen LogP contribution < -0.4 is 0 Å². The summed E-state index contributed by atoms with van der Waals surface area (Å²) in [4.78, 5) is 5.55. The molecule has 266 valence electrons. The predicted octanol–water partition coefficient (Wildman–Crippen LogP) is 12.0. The quantitative estimate of drug-likeness (QED) is 0.174. The maximum absolute atomic E-state index is 12.6. The molecule has 0 saturated carbocycles. The number of alkyl halides is 6. The minimum atomic E-state index is -4.39. The molecule has 1 atom stereocenters. The van der Waals surface area contributed by atoms with Gasteiger partial charge < -0.3 is 4.90 Å². The van der Waals surface area contributed by atoms with Crippen LogP contribution in [-0.2, 0) is 12.6 Å². The van der Waals surface area contributed by atoms with Crippen molar-refractivity contribution in [2.75, 3.05) is 20.1 Å². The first-order valence-electron chi connectivity index (χ1n) is 15.4. The van der Waals surface area contributed by atoms with E-state index in [4.69, 9.17) is 0 Å². The third-order valence-corrected chi connectivity index (χ3v) is 6.78. The van der Waals surface area contributed by atoms with Gasteiger partial charge in [0.25, 0.3) is 0 Å². The molecule has 0 bridgehead atoms. The van der Waals surface area contributed by atoms with E-state index in [1.165, 1.54) is 62.2 Å². The van der Waals surface area contributed by atoms with Crippen LogP contribution in [0.25, 0.3) is 0 Å². The van der Waals surface area contributed by atoms with E-state index in [2.05, 4.69) is 56.1 Å². The highest BCUT2D eigenvalue weighted by atomic mass is 19.4. The largest absolute Gasteiger partial charge is 0.433 e. The molecule has 1 aliphatic rings. The molecule has 0 radical (unpaired) electrons. The monoisotopic (exact) mass is 684 g/mol. The highest BCUT2D eigenvalue weighted by molar-refractivity contribution is 5.55. The van der Waals surface area contributed by atoms with E-state index in [1.807, 2.05) is 6.92 Å². The molecular formula is C38H48F8N2. The maximum atomic E-state index is 12.6. The van der Waals surface area contributed by atoms with Crippen LogP contribution in [0.4, 0.5) is 35.1 Å². The van der Waals surface area contributed by atoms with Crippen LogP contribution in [0.15, 0.2) is 107 Å². The van der Waals surface area contributed by atoms with Crippen molar-refractivity contribution in [3.63, 3.8) is 0 Å². The number of hydrogen-bond donors (Lipinski definition) is 0. The highest BCUT2D eigenvalue weighted by Gasteiger charge is 2.32. The molecule has 2 nitrogen and oxygen atoms in total. The van der Waals surface area contributed by atoms with Gasteiger partial charge in [0, 0.05) is 18.3 Å². The minimum Gasteiger partial charge on any atom is -0.302 e. The Kier molecular flexibility index (Phi) is 20.2. The Balaban J connectivity index is 0.000000625. The zero-order valence-electron chi connectivity index (χ0n) is 28.9. The summed E-state index contributed by atoms with van der Waals surface area (Å²) >= 11 is 0. The van der Waals surface area contributed by atoms with Crippen LogP contribution in [0.1, 0.15) is 64.2 Å². The van der Waals surface area contributed by atoms with Gasteiger partial charge in [-0.2, -0.15) is 26.3 Å². The number of benzene rings is 2. The number of hydrogen-bond acceptors (Lipinski definition) is 2. The van der Waals surface area contributed by atoms with Gasteiger partial charge in [-0.05, 0) is 96.8 Å². The third-order valence-electron chi connectivity index (χ3n) is 6.78. The summed E-state index contributed by atoms with van der Waals surface area (Å²) in [5.41, 5.74) is 3.49. The van der Waals surface area contributed by atoms with Crippen molar-refractivity contribution in [1.82, 2.24) is 4.90 Å². The molecule has 2 aromatic rings. The van der Waals surface area contributed by atoms with E-state index >= 15 is 0 Å². The normalized spacial score (nSPS) is 16.9. The van der Waals surface area contributed by atoms with Gasteiger partial charge >= 0.3 is 12.4 Å². The fraction of sp³-hybridized carbons (Fsp3) is 0.395. The van der Waals surface area contributed by atoms with Gasteiger partial charge in [0.2, 0.25) is 0 Å². The average molecular weight is 685 g/mol. The van der Waals surface area contributed by atoms with Gasteiger partial charge in [0.05, 0.1) is 5.56 Å². The average Bonchev–Trinajstić information content (AvgIpc) is 3.12. The number of likely N-dealkylation sites (N-methyl/N-ethyl adjacent to an activating group) is 1. The summed E-state index contributed by atoms with van der Waals surface area (Å²) in [7, 11) is 2.21. The summed E-state index contributed by atoms with van der Waals surface area (Å²) in [6.07, 6.45) is 1.89. The first kappa shape index (κ1) is 44.2. The number of allylic oxidation sites excluding steroid dienone is 7. The van der Waals surface area contributed by atoms with Crippen LogP contribution in [0.3, 0.4) is 0 Å². The second-order valence-electron chi connectivity index (χ2n) is 11.3. The zero-order valence-corrected chi connectivity index (χ0v) is 28.9. The lowest BCUT2D eigenvalue weighted by atomic mass is 9.95. The van der Waals surface area contributed by atoms with Gasteiger partial charge in [0.15, 0.2) is 0 Å². The number of rotatable bonds is 5. The molecule has 10 heteroatoms. The summed E-state index contributed by atoms with van der Waals surface area (Å²) in [6, 6.07) is 8.95. The molecular weight excluding hydrogens is 636 g/mol. The SMILES string of the molecule is C=C(C)/C=C(C)\C=C1/CN(C)CCCC1C.C=C/C=C(\N=CC)C(F)(F)F.CCc1c(F)cccc1F.Cc1ccc(C(F)(F)F)cc1. The smallest absolute Gasteiger partial charge is 0.302 e. The Labute approximate surface area is 281 Å². The Bertz CT molecular complexity index is 1380. The summed E-state index contributed by atoms with van der Waals surface area (Å²) in [6.45, 7) is 20.9. The molecule has 48 heavy (non-hydrogen) atoms. The molecule has 1 fully saturated rings. The Morgan fingerprint density at radius 3 is 1.98 bits per heavy atom. The van der Waals surface area contributed by atoms with E-state index in [1.54, 1.807) is 19.4 Å². The van der Waals surface area contributed by atoms with Gasteiger partial charge in [0.1, 0.15) is 17.3 Å². The molecule has 2 aromatic carbocycles. The zero-order chi connectivity index (χ0) is 37.1. The first-order valence-corrected chi connectivity index (χ1v) is 15.4. The fourth-order valence-electron chi connectivity index (χ4n) is 4.38. The van der Waals surface area contributed by atoms with Crippen molar-refractivity contribution >= 4 is 6.21 Å². The summed E-state index contributed by atoms with van der Waals surface area (Å²) in [5, 5.41) is 0. The van der Waals surface area contributed by atoms with Crippen LogP contribution in [0.5, 0.6) is 0 Å². The minimum absolute atomic E-state index is 0.169. The molecule has 0 N–H and O–H groups in total. The Morgan fingerprint density at radius 1 is 1.00 bits per heavy atom. The van der Waals surface area contributed by atoms with Crippen molar-refractivity contribution in [2.45, 2.75) is 73.2 Å². The lowest BCUT2D eigenvalue weighted by molar-refractivity contribution is -0.137. The molecule has 0 spiro atoms. The van der Waals surface area contributed by atoms with E-state index in [9.17, 15) is 35.1 Å². The second kappa shape index (κ2) is 22.0. The standard InChI is InChI=1S/C15H25N.C8H7F3.C8H8F2.C7H8F3N/c1-12(2)9-13(3)10-15-11-16(5)8-6-7-14(15)4;1-6-2-4-7(5-3-6)8(9,10)11;1-2-6-7(9)4-3-5-8(6)10;1-3-5-6(11-4-2)7(8,9)10/h9-10,14H,1,6-8,11H2,2-5H3;2-5H,1H3;3-5H,2H2,1H3;3-5H,1H2,2H3/b13-9-,15-10+;;;6-5-,11-4?. The van der Waals surface area contributed by atoms with E-state index in [0.29, 0.717) is 6.42 Å². The number of likely N-dealkylation sites (tertiary alicyclic amines) is 1. The van der Waals surface area contributed by atoms with Gasteiger partial charge in [-0.25, -0.2) is 8.78 Å². The first-order chi connectivity index (χ1) is 22.3. The van der Waals surface area contributed by atoms with Crippen molar-refractivity contribution in [3.05, 3.63) is 131 Å². The van der Waals surface area contributed by atoms with E-state index < -0.39 is 35.2 Å². The van der Waals surface area contributed by atoms with Crippen molar-refractivity contribution in [1.29, 1.82) is 0 Å². The number of halogens is 8. The van der Waals surface area contributed by atoms with Crippen LogP contribution in [0, 0.1) is 24.5 Å². The van der Waals surface area contributed by atoms with Crippen LogP contribution in [0.2, 0.25) is 0 Å². The molecule has 0 amide bonds. The van der Waals surface area contributed by atoms with Gasteiger partial charge in [-0.15, -0.1) is 0 Å². The van der Waals surface area contributed by atoms with Crippen molar-refractivity contribution in [3.8, 4) is 0 Å². The highest BCUT2D eigenvalue weighted by Crippen LogP contribution is 2.29. The Hall–Kier alpha value is -3.79. The van der Waals surface area contributed by atoms with Crippen LogP contribution >= 0.6 is 0 Å². The second-order valence-corrected chi connectivity index (χ2v) is 11.3. The van der Waals surface area contributed by atoms with Crippen LogP contribution in [-0.4, -0.2) is 37.4 Å². The molecule has 1 aliphatic heterocycles. The molecule has 0 aliphatic carbocycles. The summed E-state index contributed by atoms with van der Waals surface area (Å²) < 4.78 is 96.6. The lowest BCUT2D eigenvalue weighted by Crippen LogP contribution is -2.20. The third kappa shape index (κ3) is 18.5. The van der Waals surface area contributed by atoms with Crippen molar-refractivity contribution < 1.29 is 35.1 Å². The maximum Gasteiger partial charge on any atom is 0.433 e. The van der Waals surface area contributed by atoms with Crippen molar-refractivity contribution in [2.24, 2.45) is 10.9 Å². The summed E-state index contributed by atoms with van der Waals surface area (Å²) in [5.74, 6) is -0.191.